The van der Waals surface area contributed by atoms with Gasteiger partial charge in [-0.15, -0.1) is 11.8 Å². The predicted octanol–water partition coefficient (Wildman–Crippen LogP) is 1.01. The molecule has 2 rings (SSSR count). The molecular formula is C13H23ClN5S+. The Morgan fingerprint density at radius 3 is 2.50 bits per heavy atom. The standard InChI is InChI=1S/C13H22ClN5S/c1-9(2)15-13-16-11(14)10(20-4)12(17-13)19-7-5-18(3)6-8-19/h9H,5-8H2,1-4H3,(H,15,16,17)/p+1. The Hall–Kier alpha value is -0.720. The highest BCUT2D eigenvalue weighted by molar-refractivity contribution is 7.98. The molecule has 0 aromatic carbocycles. The number of nitrogens with one attached hydrogen (secondary N) is 2. The highest BCUT2D eigenvalue weighted by Gasteiger charge is 2.23. The molecule has 0 aliphatic carbocycles. The van der Waals surface area contributed by atoms with Crippen molar-refractivity contribution >= 4 is 35.1 Å². The van der Waals surface area contributed by atoms with E-state index in [1.165, 1.54) is 0 Å². The van der Waals surface area contributed by atoms with Gasteiger partial charge in [0.15, 0.2) is 0 Å². The molecule has 0 bridgehead atoms. The van der Waals surface area contributed by atoms with Crippen molar-refractivity contribution in [2.45, 2.75) is 24.8 Å². The molecule has 5 nitrogen and oxygen atoms in total. The topological polar surface area (TPSA) is 45.5 Å². The number of thioether (sulfide) groups is 1. The lowest BCUT2D eigenvalue weighted by atomic mass is 10.3. The van der Waals surface area contributed by atoms with Crippen molar-refractivity contribution in [2.75, 3.05) is 49.7 Å². The summed E-state index contributed by atoms with van der Waals surface area (Å²) in [6.45, 7) is 8.41. The lowest BCUT2D eigenvalue weighted by Gasteiger charge is -2.32. The molecule has 1 fully saturated rings. The zero-order valence-corrected chi connectivity index (χ0v) is 14.1. The maximum Gasteiger partial charge on any atom is 0.226 e. The van der Waals surface area contributed by atoms with E-state index in [4.69, 9.17) is 11.6 Å². The molecule has 1 aromatic rings. The van der Waals surface area contributed by atoms with Gasteiger partial charge in [-0.25, -0.2) is 0 Å². The van der Waals surface area contributed by atoms with Crippen molar-refractivity contribution in [3.8, 4) is 0 Å². The van der Waals surface area contributed by atoms with Crippen LogP contribution in [0.3, 0.4) is 0 Å². The first-order chi connectivity index (χ1) is 9.51. The smallest absolute Gasteiger partial charge is 0.226 e. The molecule has 1 aliphatic heterocycles. The van der Waals surface area contributed by atoms with E-state index >= 15 is 0 Å². The Morgan fingerprint density at radius 2 is 1.95 bits per heavy atom. The number of hydrogen-bond donors (Lipinski definition) is 2. The van der Waals surface area contributed by atoms with Gasteiger partial charge in [0, 0.05) is 6.04 Å². The van der Waals surface area contributed by atoms with E-state index in [1.54, 1.807) is 16.7 Å². The summed E-state index contributed by atoms with van der Waals surface area (Å²) in [5.74, 6) is 1.58. The first kappa shape index (κ1) is 15.7. The molecule has 0 saturated carbocycles. The van der Waals surface area contributed by atoms with Crippen molar-refractivity contribution in [2.24, 2.45) is 0 Å². The van der Waals surface area contributed by atoms with Gasteiger partial charge in [0.05, 0.1) is 38.1 Å². The lowest BCUT2D eigenvalue weighted by molar-refractivity contribution is -0.880. The average molecular weight is 317 g/mol. The fourth-order valence-electron chi connectivity index (χ4n) is 2.22. The molecule has 112 valence electrons. The zero-order valence-electron chi connectivity index (χ0n) is 12.5. The Kier molecular flexibility index (Phi) is 5.35. The third-order valence-electron chi connectivity index (χ3n) is 3.34. The number of likely N-dealkylation sites (N-methyl/N-ethyl adjacent to an activating group) is 1. The minimum Gasteiger partial charge on any atom is -0.352 e. The number of halogens is 1. The van der Waals surface area contributed by atoms with Gasteiger partial charge in [0.1, 0.15) is 11.0 Å². The quantitative estimate of drug-likeness (QED) is 0.641. The van der Waals surface area contributed by atoms with Crippen molar-refractivity contribution in [1.29, 1.82) is 0 Å². The van der Waals surface area contributed by atoms with E-state index in [0.717, 1.165) is 36.9 Å². The number of anilines is 2. The third-order valence-corrected chi connectivity index (χ3v) is 4.51. The van der Waals surface area contributed by atoms with E-state index < -0.39 is 0 Å². The van der Waals surface area contributed by atoms with Crippen molar-refractivity contribution in [3.63, 3.8) is 0 Å². The summed E-state index contributed by atoms with van der Waals surface area (Å²) in [4.78, 5) is 13.9. The van der Waals surface area contributed by atoms with Crippen LogP contribution in [-0.2, 0) is 0 Å². The normalized spacial score (nSPS) is 16.8. The summed E-state index contributed by atoms with van der Waals surface area (Å²) < 4.78 is 0. The molecule has 20 heavy (non-hydrogen) atoms. The van der Waals surface area contributed by atoms with Gasteiger partial charge in [-0.05, 0) is 20.1 Å². The first-order valence-electron chi connectivity index (χ1n) is 6.95. The average Bonchev–Trinajstić information content (AvgIpc) is 2.38. The second kappa shape index (κ2) is 6.83. The summed E-state index contributed by atoms with van der Waals surface area (Å²) in [6.07, 6.45) is 2.02. The van der Waals surface area contributed by atoms with Crippen LogP contribution < -0.4 is 15.1 Å². The predicted molar refractivity (Wildman–Crippen MR) is 86.4 cm³/mol. The summed E-state index contributed by atoms with van der Waals surface area (Å²) in [7, 11) is 2.23. The Bertz CT molecular complexity index is 460. The molecule has 0 amide bonds. The van der Waals surface area contributed by atoms with E-state index in [-0.39, 0.29) is 6.04 Å². The fraction of sp³-hybridized carbons (Fsp3) is 0.692. The number of quaternary nitrogens is 1. The van der Waals surface area contributed by atoms with Crippen LogP contribution in [0.15, 0.2) is 4.90 Å². The lowest BCUT2D eigenvalue weighted by Crippen LogP contribution is -3.12. The number of aromatic nitrogens is 2. The van der Waals surface area contributed by atoms with Gasteiger partial charge >= 0.3 is 0 Å². The Morgan fingerprint density at radius 1 is 1.30 bits per heavy atom. The third kappa shape index (κ3) is 3.68. The molecule has 1 aromatic heterocycles. The summed E-state index contributed by atoms with van der Waals surface area (Å²) in [5.41, 5.74) is 0. The molecule has 2 heterocycles. The molecule has 0 spiro atoms. The SMILES string of the molecule is CSc1c(Cl)nc(NC(C)C)nc1N1CC[NH+](C)CC1. The van der Waals surface area contributed by atoms with E-state index in [1.807, 2.05) is 6.26 Å². The Balaban J connectivity index is 2.31. The number of piperazine rings is 1. The van der Waals surface area contributed by atoms with Crippen LogP contribution in [0.2, 0.25) is 5.15 Å². The van der Waals surface area contributed by atoms with Crippen LogP contribution in [0.4, 0.5) is 11.8 Å². The minimum absolute atomic E-state index is 0.288. The first-order valence-corrected chi connectivity index (χ1v) is 8.56. The van der Waals surface area contributed by atoms with Crippen LogP contribution in [0, 0.1) is 0 Å². The number of hydrogen-bond acceptors (Lipinski definition) is 5. The van der Waals surface area contributed by atoms with Gasteiger partial charge in [-0.3, -0.25) is 0 Å². The van der Waals surface area contributed by atoms with E-state index in [9.17, 15) is 0 Å². The summed E-state index contributed by atoms with van der Waals surface area (Å²) in [5, 5.41) is 3.78. The molecule has 0 unspecified atom stereocenters. The number of rotatable bonds is 4. The van der Waals surface area contributed by atoms with Gasteiger partial charge < -0.3 is 15.1 Å². The highest BCUT2D eigenvalue weighted by Crippen LogP contribution is 2.33. The summed E-state index contributed by atoms with van der Waals surface area (Å²) >= 11 is 7.93. The molecule has 1 saturated heterocycles. The Labute approximate surface area is 130 Å². The maximum absolute atomic E-state index is 6.32. The van der Waals surface area contributed by atoms with Gasteiger partial charge in [0.2, 0.25) is 5.95 Å². The second-order valence-corrected chi connectivity index (χ2v) is 6.61. The second-order valence-electron chi connectivity index (χ2n) is 5.44. The minimum atomic E-state index is 0.288. The molecule has 7 heteroatoms. The van der Waals surface area contributed by atoms with E-state index in [0.29, 0.717) is 11.1 Å². The molecule has 0 atom stereocenters. The zero-order chi connectivity index (χ0) is 14.7. The van der Waals surface area contributed by atoms with Gasteiger partial charge in [-0.1, -0.05) is 11.6 Å². The molecular weight excluding hydrogens is 294 g/mol. The van der Waals surface area contributed by atoms with Crippen LogP contribution >= 0.6 is 23.4 Å². The van der Waals surface area contributed by atoms with Gasteiger partial charge in [0.25, 0.3) is 0 Å². The monoisotopic (exact) mass is 316 g/mol. The fourth-order valence-corrected chi connectivity index (χ4v) is 3.19. The van der Waals surface area contributed by atoms with Crippen LogP contribution in [-0.4, -0.2) is 55.5 Å². The largest absolute Gasteiger partial charge is 0.352 e. The van der Waals surface area contributed by atoms with Crippen molar-refractivity contribution in [3.05, 3.63) is 5.15 Å². The number of nitrogens with zero attached hydrogens (tertiary/aromatic N) is 3. The highest BCUT2D eigenvalue weighted by atomic mass is 35.5. The van der Waals surface area contributed by atoms with Crippen LogP contribution in [0.1, 0.15) is 13.8 Å². The molecule has 2 N–H and O–H groups in total. The van der Waals surface area contributed by atoms with Crippen molar-refractivity contribution < 1.29 is 4.90 Å². The van der Waals surface area contributed by atoms with Crippen molar-refractivity contribution in [1.82, 2.24) is 9.97 Å². The van der Waals surface area contributed by atoms with Crippen LogP contribution in [0.25, 0.3) is 0 Å². The molecule has 0 radical (unpaired) electrons. The summed E-state index contributed by atoms with van der Waals surface area (Å²) in [6, 6.07) is 0.288. The maximum atomic E-state index is 6.32. The van der Waals surface area contributed by atoms with Crippen LogP contribution in [0.5, 0.6) is 0 Å². The molecule has 1 aliphatic rings. The van der Waals surface area contributed by atoms with E-state index in [2.05, 4.69) is 41.1 Å². The van der Waals surface area contributed by atoms with Gasteiger partial charge in [-0.2, -0.15) is 9.97 Å².